The van der Waals surface area contributed by atoms with E-state index in [4.69, 9.17) is 0 Å². The Hall–Kier alpha value is -2.89. The number of benzene rings is 1. The molecule has 0 unspecified atom stereocenters. The lowest BCUT2D eigenvalue weighted by atomic mass is 9.96. The Kier molecular flexibility index (Phi) is 4.97. The molecule has 1 saturated heterocycles. The van der Waals surface area contributed by atoms with Crippen LogP contribution in [-0.2, 0) is 9.59 Å². The molecule has 1 fully saturated rings. The van der Waals surface area contributed by atoms with Gasteiger partial charge in [-0.15, -0.1) is 0 Å². The Bertz CT molecular complexity index is 788. The molecule has 0 bridgehead atoms. The number of para-hydroxylation sites is 1. The van der Waals surface area contributed by atoms with Crippen molar-refractivity contribution >= 4 is 17.6 Å². The minimum atomic E-state index is -0.103. The smallest absolute Gasteiger partial charge is 0.245 e. The van der Waals surface area contributed by atoms with Gasteiger partial charge in [-0.25, -0.2) is 4.68 Å². The number of hydrogen-bond donors (Lipinski definition) is 1. The van der Waals surface area contributed by atoms with Gasteiger partial charge in [0.05, 0.1) is 11.9 Å². The summed E-state index contributed by atoms with van der Waals surface area (Å²) in [6, 6.07) is 9.69. The summed E-state index contributed by atoms with van der Waals surface area (Å²) < 4.78 is 1.74. The number of rotatable bonds is 4. The molecule has 2 aromatic rings. The number of piperidine rings is 1. The topological polar surface area (TPSA) is 67.2 Å². The van der Waals surface area contributed by atoms with Crippen LogP contribution in [0.4, 0.5) is 5.82 Å². The molecule has 0 saturated carbocycles. The molecule has 6 nitrogen and oxygen atoms in total. The van der Waals surface area contributed by atoms with Crippen LogP contribution in [0.1, 0.15) is 18.4 Å². The quantitative estimate of drug-likeness (QED) is 0.871. The monoisotopic (exact) mass is 338 g/mol. The summed E-state index contributed by atoms with van der Waals surface area (Å²) in [5.41, 5.74) is 2.02. The van der Waals surface area contributed by atoms with Gasteiger partial charge < -0.3 is 10.2 Å². The van der Waals surface area contributed by atoms with E-state index in [1.165, 1.54) is 6.08 Å². The van der Waals surface area contributed by atoms with Crippen molar-refractivity contribution in [2.24, 2.45) is 5.92 Å². The molecule has 130 valence electrons. The molecule has 0 aliphatic carbocycles. The minimum absolute atomic E-state index is 0.0268. The molecule has 1 aliphatic heterocycles. The highest BCUT2D eigenvalue weighted by Crippen LogP contribution is 2.22. The van der Waals surface area contributed by atoms with Crippen molar-refractivity contribution in [3.63, 3.8) is 0 Å². The number of aryl methyl sites for hydroxylation is 1. The molecule has 1 aromatic heterocycles. The van der Waals surface area contributed by atoms with E-state index in [0.29, 0.717) is 31.7 Å². The summed E-state index contributed by atoms with van der Waals surface area (Å²) >= 11 is 0. The zero-order chi connectivity index (χ0) is 17.8. The third kappa shape index (κ3) is 3.63. The number of amides is 2. The highest BCUT2D eigenvalue weighted by Gasteiger charge is 2.27. The Morgan fingerprint density at radius 2 is 1.96 bits per heavy atom. The molecule has 0 atom stereocenters. The number of nitrogens with zero attached hydrogens (tertiary/aromatic N) is 3. The SMILES string of the molecule is C=CC(=O)N1CCC(C(=O)Nc2ccnn2-c2ccccc2C)CC1. The lowest BCUT2D eigenvalue weighted by molar-refractivity contribution is -0.130. The standard InChI is InChI=1S/C19H22N4O2/c1-3-18(24)22-12-9-15(10-13-22)19(25)21-17-8-11-20-23(17)16-7-5-4-6-14(16)2/h3-8,11,15H,1,9-10,12-13H2,2H3,(H,21,25). The minimum Gasteiger partial charge on any atom is -0.339 e. The lowest BCUT2D eigenvalue weighted by Crippen LogP contribution is -2.40. The molecule has 2 amide bonds. The Balaban J connectivity index is 1.67. The Labute approximate surface area is 147 Å². The van der Waals surface area contributed by atoms with Crippen LogP contribution in [0.2, 0.25) is 0 Å². The first-order valence-electron chi connectivity index (χ1n) is 8.42. The van der Waals surface area contributed by atoms with Gasteiger partial charge in [0.1, 0.15) is 5.82 Å². The number of nitrogens with one attached hydrogen (secondary N) is 1. The third-order valence-corrected chi connectivity index (χ3v) is 4.59. The van der Waals surface area contributed by atoms with Crippen LogP contribution in [0, 0.1) is 12.8 Å². The molecule has 25 heavy (non-hydrogen) atoms. The van der Waals surface area contributed by atoms with Crippen molar-refractivity contribution in [1.29, 1.82) is 0 Å². The first-order chi connectivity index (χ1) is 12.1. The molecular formula is C19H22N4O2. The second-order valence-electron chi connectivity index (χ2n) is 6.21. The zero-order valence-corrected chi connectivity index (χ0v) is 14.3. The zero-order valence-electron chi connectivity index (χ0n) is 14.3. The Morgan fingerprint density at radius 3 is 2.64 bits per heavy atom. The van der Waals surface area contributed by atoms with Gasteiger partial charge in [-0.1, -0.05) is 24.8 Å². The van der Waals surface area contributed by atoms with Gasteiger partial charge in [-0.2, -0.15) is 5.10 Å². The van der Waals surface area contributed by atoms with Crippen molar-refractivity contribution in [3.05, 3.63) is 54.7 Å². The molecule has 1 aliphatic rings. The molecule has 0 radical (unpaired) electrons. The van der Waals surface area contributed by atoms with Crippen LogP contribution in [0.25, 0.3) is 5.69 Å². The maximum absolute atomic E-state index is 12.6. The van der Waals surface area contributed by atoms with E-state index >= 15 is 0 Å². The van der Waals surface area contributed by atoms with Crippen LogP contribution in [-0.4, -0.2) is 39.6 Å². The maximum Gasteiger partial charge on any atom is 0.245 e. The summed E-state index contributed by atoms with van der Waals surface area (Å²) in [7, 11) is 0. The number of likely N-dealkylation sites (tertiary alicyclic amines) is 1. The van der Waals surface area contributed by atoms with Gasteiger partial charge >= 0.3 is 0 Å². The van der Waals surface area contributed by atoms with Crippen molar-refractivity contribution in [3.8, 4) is 5.69 Å². The first-order valence-corrected chi connectivity index (χ1v) is 8.42. The van der Waals surface area contributed by atoms with Gasteiger partial charge in [-0.3, -0.25) is 9.59 Å². The van der Waals surface area contributed by atoms with Crippen LogP contribution >= 0.6 is 0 Å². The van der Waals surface area contributed by atoms with Gasteiger partial charge in [0, 0.05) is 25.1 Å². The second-order valence-corrected chi connectivity index (χ2v) is 6.21. The third-order valence-electron chi connectivity index (χ3n) is 4.59. The number of aromatic nitrogens is 2. The fourth-order valence-corrected chi connectivity index (χ4v) is 3.11. The second kappa shape index (κ2) is 7.34. The first kappa shape index (κ1) is 17.0. The largest absolute Gasteiger partial charge is 0.339 e. The fourth-order valence-electron chi connectivity index (χ4n) is 3.11. The highest BCUT2D eigenvalue weighted by molar-refractivity contribution is 5.92. The molecule has 0 spiro atoms. The molecule has 2 heterocycles. The van der Waals surface area contributed by atoms with Crippen LogP contribution < -0.4 is 5.32 Å². The summed E-state index contributed by atoms with van der Waals surface area (Å²) in [5.74, 6) is 0.454. The van der Waals surface area contributed by atoms with Gasteiger partial charge in [0.2, 0.25) is 11.8 Å². The molecule has 6 heteroatoms. The number of anilines is 1. The van der Waals surface area contributed by atoms with E-state index in [9.17, 15) is 9.59 Å². The Morgan fingerprint density at radius 1 is 1.24 bits per heavy atom. The summed E-state index contributed by atoms with van der Waals surface area (Å²) in [4.78, 5) is 26.0. The van der Waals surface area contributed by atoms with Crippen molar-refractivity contribution in [2.75, 3.05) is 18.4 Å². The molecule has 1 aromatic carbocycles. The van der Waals surface area contributed by atoms with E-state index in [0.717, 1.165) is 11.3 Å². The van der Waals surface area contributed by atoms with Crippen molar-refractivity contribution in [2.45, 2.75) is 19.8 Å². The number of hydrogen-bond acceptors (Lipinski definition) is 3. The van der Waals surface area contributed by atoms with E-state index in [1.54, 1.807) is 21.8 Å². The molecular weight excluding hydrogens is 316 g/mol. The number of carbonyl (C=O) groups excluding carboxylic acids is 2. The summed E-state index contributed by atoms with van der Waals surface area (Å²) in [6.45, 7) is 6.68. The normalized spacial score (nSPS) is 15.0. The van der Waals surface area contributed by atoms with Crippen LogP contribution in [0.3, 0.4) is 0 Å². The number of carbonyl (C=O) groups is 2. The van der Waals surface area contributed by atoms with Crippen LogP contribution in [0.15, 0.2) is 49.2 Å². The lowest BCUT2D eigenvalue weighted by Gasteiger charge is -2.30. The van der Waals surface area contributed by atoms with E-state index in [2.05, 4.69) is 17.0 Å². The average molecular weight is 338 g/mol. The average Bonchev–Trinajstić information content (AvgIpc) is 3.09. The van der Waals surface area contributed by atoms with Gasteiger partial charge in [0.15, 0.2) is 0 Å². The summed E-state index contributed by atoms with van der Waals surface area (Å²) in [5, 5.41) is 7.31. The highest BCUT2D eigenvalue weighted by atomic mass is 16.2. The summed E-state index contributed by atoms with van der Waals surface area (Å²) in [6.07, 6.45) is 4.31. The molecule has 1 N–H and O–H groups in total. The van der Waals surface area contributed by atoms with Crippen molar-refractivity contribution in [1.82, 2.24) is 14.7 Å². The van der Waals surface area contributed by atoms with E-state index in [1.807, 2.05) is 31.2 Å². The van der Waals surface area contributed by atoms with E-state index in [-0.39, 0.29) is 17.7 Å². The van der Waals surface area contributed by atoms with Crippen molar-refractivity contribution < 1.29 is 9.59 Å². The van der Waals surface area contributed by atoms with Gasteiger partial charge in [-0.05, 0) is 37.5 Å². The van der Waals surface area contributed by atoms with Crippen LogP contribution in [0.5, 0.6) is 0 Å². The van der Waals surface area contributed by atoms with E-state index < -0.39 is 0 Å². The maximum atomic E-state index is 12.6. The predicted octanol–water partition coefficient (Wildman–Crippen LogP) is 2.54. The molecule has 3 rings (SSSR count). The van der Waals surface area contributed by atoms with Gasteiger partial charge in [0.25, 0.3) is 0 Å². The fraction of sp³-hybridized carbons (Fsp3) is 0.316. The predicted molar refractivity (Wildman–Crippen MR) is 96.4 cm³/mol.